The number of benzene rings is 1. The van der Waals surface area contributed by atoms with Gasteiger partial charge in [0, 0.05) is 32.1 Å². The lowest BCUT2D eigenvalue weighted by atomic mass is 10.2. The number of ether oxygens (including phenoxy) is 1. The Labute approximate surface area is 114 Å². The zero-order valence-corrected chi connectivity index (χ0v) is 10.8. The Balaban J connectivity index is 2.24. The lowest BCUT2D eigenvalue weighted by molar-refractivity contribution is -0.384. The summed E-state index contributed by atoms with van der Waals surface area (Å²) in [6.07, 6.45) is 0. The maximum atomic E-state index is 11.8. The van der Waals surface area contributed by atoms with E-state index in [1.807, 2.05) is 0 Å². The monoisotopic (exact) mass is 279 g/mol. The number of anilines is 1. The van der Waals surface area contributed by atoms with Crippen LogP contribution in [0, 0.1) is 10.1 Å². The number of nitro groups is 1. The molecule has 2 rings (SSSR count). The number of amides is 2. The minimum absolute atomic E-state index is 0.119. The molecule has 1 aromatic rings. The molecule has 0 fully saturated rings. The number of non-ortho nitro benzene ring substituents is 1. The van der Waals surface area contributed by atoms with Crippen molar-refractivity contribution in [1.29, 1.82) is 0 Å². The Hall–Kier alpha value is -2.64. The number of fused-ring (bicyclic) bond motifs is 1. The molecule has 1 aromatic carbocycles. The van der Waals surface area contributed by atoms with Crippen molar-refractivity contribution in [3.63, 3.8) is 0 Å². The Morgan fingerprint density at radius 3 is 2.95 bits per heavy atom. The Bertz CT molecular complexity index is 572. The molecule has 1 heterocycles. The van der Waals surface area contributed by atoms with Crippen LogP contribution < -0.4 is 15.0 Å². The average molecular weight is 279 g/mol. The van der Waals surface area contributed by atoms with Gasteiger partial charge in [-0.1, -0.05) is 0 Å². The summed E-state index contributed by atoms with van der Waals surface area (Å²) < 4.78 is 5.23. The van der Waals surface area contributed by atoms with Crippen molar-refractivity contribution in [3.05, 3.63) is 28.3 Å². The van der Waals surface area contributed by atoms with E-state index in [0.29, 0.717) is 11.4 Å². The van der Waals surface area contributed by atoms with Crippen LogP contribution in [0.25, 0.3) is 0 Å². The van der Waals surface area contributed by atoms with Gasteiger partial charge in [0.15, 0.2) is 6.61 Å². The summed E-state index contributed by atoms with van der Waals surface area (Å²) in [5.41, 5.74) is 0.229. The smallest absolute Gasteiger partial charge is 0.271 e. The van der Waals surface area contributed by atoms with E-state index in [0.717, 1.165) is 0 Å². The van der Waals surface area contributed by atoms with Crippen LogP contribution >= 0.6 is 0 Å². The van der Waals surface area contributed by atoms with E-state index in [9.17, 15) is 19.7 Å². The molecule has 0 radical (unpaired) electrons. The fourth-order valence-electron chi connectivity index (χ4n) is 1.89. The molecular weight excluding hydrogens is 266 g/mol. The highest BCUT2D eigenvalue weighted by molar-refractivity contribution is 5.98. The molecule has 8 heteroatoms. The molecule has 0 atom stereocenters. The third-order valence-electron chi connectivity index (χ3n) is 2.81. The molecule has 0 saturated heterocycles. The van der Waals surface area contributed by atoms with Crippen LogP contribution in [0.2, 0.25) is 0 Å². The van der Waals surface area contributed by atoms with E-state index in [-0.39, 0.29) is 37.2 Å². The normalized spacial score (nSPS) is 13.4. The Morgan fingerprint density at radius 2 is 2.30 bits per heavy atom. The summed E-state index contributed by atoms with van der Waals surface area (Å²) >= 11 is 0. The lowest BCUT2D eigenvalue weighted by Gasteiger charge is -2.29. The van der Waals surface area contributed by atoms with E-state index in [1.165, 1.54) is 30.0 Å². The van der Waals surface area contributed by atoms with Crippen molar-refractivity contribution in [3.8, 4) is 5.75 Å². The maximum absolute atomic E-state index is 11.8. The van der Waals surface area contributed by atoms with Gasteiger partial charge in [-0.3, -0.25) is 19.7 Å². The summed E-state index contributed by atoms with van der Waals surface area (Å²) in [5.74, 6) is -0.0913. The van der Waals surface area contributed by atoms with Crippen LogP contribution in [-0.4, -0.2) is 36.4 Å². The molecule has 0 aliphatic carbocycles. The first-order valence-electron chi connectivity index (χ1n) is 5.95. The fourth-order valence-corrected chi connectivity index (χ4v) is 1.89. The van der Waals surface area contributed by atoms with Gasteiger partial charge in [0.2, 0.25) is 5.91 Å². The number of nitrogens with one attached hydrogen (secondary N) is 1. The molecule has 0 saturated carbocycles. The van der Waals surface area contributed by atoms with Gasteiger partial charge in [0.25, 0.3) is 11.6 Å². The highest BCUT2D eigenvalue weighted by Crippen LogP contribution is 2.34. The molecule has 8 nitrogen and oxygen atoms in total. The molecule has 20 heavy (non-hydrogen) atoms. The minimum atomic E-state index is -0.536. The summed E-state index contributed by atoms with van der Waals surface area (Å²) in [4.78, 5) is 34.3. The summed E-state index contributed by atoms with van der Waals surface area (Å²) in [7, 11) is 0. The van der Waals surface area contributed by atoms with Gasteiger partial charge < -0.3 is 15.0 Å². The van der Waals surface area contributed by atoms with Gasteiger partial charge in [-0.25, -0.2) is 0 Å². The molecular formula is C12H13N3O5. The predicted octanol–water partition coefficient (Wildman–Crippen LogP) is 0.456. The molecule has 1 N–H and O–H groups in total. The van der Waals surface area contributed by atoms with Crippen LogP contribution in [0.15, 0.2) is 18.2 Å². The number of carbonyl (C=O) groups excluding carboxylic acids is 2. The second kappa shape index (κ2) is 5.55. The highest BCUT2D eigenvalue weighted by Gasteiger charge is 2.27. The number of carbonyl (C=O) groups is 2. The van der Waals surface area contributed by atoms with Gasteiger partial charge in [-0.15, -0.1) is 0 Å². The molecule has 1 aliphatic heterocycles. The molecule has 0 spiro atoms. The fraction of sp³-hybridized carbons (Fsp3) is 0.333. The van der Waals surface area contributed by atoms with Gasteiger partial charge in [-0.05, 0) is 6.07 Å². The van der Waals surface area contributed by atoms with E-state index < -0.39 is 4.92 Å². The molecule has 0 aromatic heterocycles. The quantitative estimate of drug-likeness (QED) is 0.637. The molecule has 0 bridgehead atoms. The zero-order chi connectivity index (χ0) is 14.7. The summed E-state index contributed by atoms with van der Waals surface area (Å²) in [5, 5.41) is 13.4. The number of hydrogen-bond acceptors (Lipinski definition) is 5. The first-order valence-corrected chi connectivity index (χ1v) is 5.95. The average Bonchev–Trinajstić information content (AvgIpc) is 2.40. The van der Waals surface area contributed by atoms with Crippen LogP contribution in [0.4, 0.5) is 11.4 Å². The number of rotatable bonds is 4. The van der Waals surface area contributed by atoms with Crippen molar-refractivity contribution in [2.45, 2.75) is 6.92 Å². The molecule has 106 valence electrons. The Kier molecular flexibility index (Phi) is 3.83. The minimum Gasteiger partial charge on any atom is -0.482 e. The predicted molar refractivity (Wildman–Crippen MR) is 69.6 cm³/mol. The van der Waals surface area contributed by atoms with Crippen LogP contribution in [0.1, 0.15) is 6.92 Å². The second-order valence-electron chi connectivity index (χ2n) is 4.23. The highest BCUT2D eigenvalue weighted by atomic mass is 16.6. The topological polar surface area (TPSA) is 102 Å². The van der Waals surface area contributed by atoms with E-state index >= 15 is 0 Å². The molecule has 1 aliphatic rings. The van der Waals surface area contributed by atoms with Crippen LogP contribution in [0.3, 0.4) is 0 Å². The Morgan fingerprint density at radius 1 is 1.55 bits per heavy atom. The van der Waals surface area contributed by atoms with Crippen molar-refractivity contribution >= 4 is 23.2 Å². The first kappa shape index (κ1) is 13.8. The second-order valence-corrected chi connectivity index (χ2v) is 4.23. The van der Waals surface area contributed by atoms with Gasteiger partial charge in [0.1, 0.15) is 5.75 Å². The first-order chi connectivity index (χ1) is 9.49. The number of nitro benzene ring substituents is 1. The van der Waals surface area contributed by atoms with E-state index in [1.54, 1.807) is 0 Å². The van der Waals surface area contributed by atoms with Crippen LogP contribution in [-0.2, 0) is 9.59 Å². The van der Waals surface area contributed by atoms with Crippen LogP contribution in [0.5, 0.6) is 5.75 Å². The van der Waals surface area contributed by atoms with Gasteiger partial charge in [-0.2, -0.15) is 0 Å². The SMILES string of the molecule is CC(=O)NCCN1C(=O)COc2ccc([N+](=O)[O-])cc21. The zero-order valence-electron chi connectivity index (χ0n) is 10.8. The largest absolute Gasteiger partial charge is 0.482 e. The standard InChI is InChI=1S/C12H13N3O5/c1-8(16)13-4-5-14-10-6-9(15(18)19)2-3-11(10)20-7-12(14)17/h2-3,6H,4-5,7H2,1H3,(H,13,16). The summed E-state index contributed by atoms with van der Waals surface area (Å²) in [6.45, 7) is 1.75. The van der Waals surface area contributed by atoms with Gasteiger partial charge >= 0.3 is 0 Å². The number of nitrogens with zero attached hydrogens (tertiary/aromatic N) is 2. The van der Waals surface area contributed by atoms with Crippen molar-refractivity contribution in [2.75, 3.05) is 24.6 Å². The molecule has 2 amide bonds. The summed E-state index contributed by atoms with van der Waals surface area (Å²) in [6, 6.07) is 4.08. The van der Waals surface area contributed by atoms with Gasteiger partial charge in [0.05, 0.1) is 10.6 Å². The lowest BCUT2D eigenvalue weighted by Crippen LogP contribution is -2.43. The van der Waals surface area contributed by atoms with E-state index in [4.69, 9.17) is 4.74 Å². The maximum Gasteiger partial charge on any atom is 0.271 e. The van der Waals surface area contributed by atoms with E-state index in [2.05, 4.69) is 5.32 Å². The third kappa shape index (κ3) is 2.85. The molecule has 0 unspecified atom stereocenters. The van der Waals surface area contributed by atoms with Crippen molar-refractivity contribution in [2.24, 2.45) is 0 Å². The van der Waals surface area contributed by atoms with Crippen molar-refractivity contribution < 1.29 is 19.2 Å². The number of hydrogen-bond donors (Lipinski definition) is 1. The third-order valence-corrected chi connectivity index (χ3v) is 2.81. The van der Waals surface area contributed by atoms with Crippen molar-refractivity contribution in [1.82, 2.24) is 5.32 Å².